The van der Waals surface area contributed by atoms with E-state index >= 15 is 0 Å². The van der Waals surface area contributed by atoms with E-state index in [0.29, 0.717) is 33.0 Å². The van der Waals surface area contributed by atoms with Crippen LogP contribution in [0.4, 0.5) is 4.39 Å². The van der Waals surface area contributed by atoms with Crippen molar-refractivity contribution in [1.82, 2.24) is 0 Å². The van der Waals surface area contributed by atoms with Crippen LogP contribution in [-0.4, -0.2) is 12.9 Å². The molecule has 0 fully saturated rings. The molecule has 2 rings (SSSR count). The molecule has 0 saturated carbocycles. The average molecular weight is 293 g/mol. The van der Waals surface area contributed by atoms with Gasteiger partial charge in [-0.05, 0) is 55.3 Å². The summed E-state index contributed by atoms with van der Waals surface area (Å²) in [6.45, 7) is 3.42. The summed E-state index contributed by atoms with van der Waals surface area (Å²) in [5, 5.41) is 0.451. The van der Waals surface area contributed by atoms with Crippen LogP contribution >= 0.6 is 11.6 Å². The highest BCUT2D eigenvalue weighted by molar-refractivity contribution is 6.31. The number of hydrogen-bond donors (Lipinski definition) is 0. The van der Waals surface area contributed by atoms with Gasteiger partial charge in [0.05, 0.1) is 12.7 Å². The third kappa shape index (κ3) is 2.68. The van der Waals surface area contributed by atoms with Crippen molar-refractivity contribution in [3.63, 3.8) is 0 Å². The molecule has 2 nitrogen and oxygen atoms in total. The molecule has 2 aromatic rings. The molecule has 0 aliphatic rings. The lowest BCUT2D eigenvalue weighted by atomic mass is 9.94. The molecule has 20 heavy (non-hydrogen) atoms. The fourth-order valence-corrected chi connectivity index (χ4v) is 2.43. The first-order chi connectivity index (χ1) is 9.43. The lowest BCUT2D eigenvalue weighted by Gasteiger charge is -2.12. The summed E-state index contributed by atoms with van der Waals surface area (Å²) in [6, 6.07) is 7.55. The van der Waals surface area contributed by atoms with Gasteiger partial charge in [0.25, 0.3) is 0 Å². The smallest absolute Gasteiger partial charge is 0.197 e. The summed E-state index contributed by atoms with van der Waals surface area (Å²) in [5.41, 5.74) is 2.04. The standard InChI is InChI=1S/C16H14ClFO2/c1-9-6-12(18)7-10(2)15(9)16(19)13-8-11(17)4-5-14(13)20-3/h4-8H,1-3H3. The first-order valence-electron chi connectivity index (χ1n) is 6.09. The number of carbonyl (C=O) groups is 1. The minimum Gasteiger partial charge on any atom is -0.496 e. The summed E-state index contributed by atoms with van der Waals surface area (Å²) in [7, 11) is 1.49. The fourth-order valence-electron chi connectivity index (χ4n) is 2.26. The maximum absolute atomic E-state index is 13.3. The maximum atomic E-state index is 13.3. The normalized spacial score (nSPS) is 10.4. The molecule has 4 heteroatoms. The van der Waals surface area contributed by atoms with Gasteiger partial charge in [0.1, 0.15) is 11.6 Å². The first-order valence-corrected chi connectivity index (χ1v) is 6.47. The Morgan fingerprint density at radius 3 is 2.30 bits per heavy atom. The van der Waals surface area contributed by atoms with Crippen LogP contribution in [0.25, 0.3) is 0 Å². The Labute approximate surface area is 122 Å². The molecule has 0 aromatic heterocycles. The highest BCUT2D eigenvalue weighted by atomic mass is 35.5. The van der Waals surface area contributed by atoms with Gasteiger partial charge >= 0.3 is 0 Å². The van der Waals surface area contributed by atoms with Gasteiger partial charge in [-0.25, -0.2) is 4.39 Å². The van der Waals surface area contributed by atoms with Crippen LogP contribution in [-0.2, 0) is 0 Å². The number of halogens is 2. The van der Waals surface area contributed by atoms with E-state index < -0.39 is 0 Å². The molecule has 0 radical (unpaired) electrons. The van der Waals surface area contributed by atoms with Gasteiger partial charge in [0, 0.05) is 10.6 Å². The predicted molar refractivity (Wildman–Crippen MR) is 77.3 cm³/mol. The molecule has 0 aliphatic carbocycles. The number of hydrogen-bond acceptors (Lipinski definition) is 2. The number of carbonyl (C=O) groups excluding carboxylic acids is 1. The number of benzene rings is 2. The predicted octanol–water partition coefficient (Wildman–Crippen LogP) is 4.34. The number of ether oxygens (including phenoxy) is 1. The zero-order valence-corrected chi connectivity index (χ0v) is 12.2. The molecular weight excluding hydrogens is 279 g/mol. The van der Waals surface area contributed by atoms with E-state index in [1.165, 1.54) is 19.2 Å². The molecule has 0 bridgehead atoms. The van der Waals surface area contributed by atoms with Crippen LogP contribution in [0.3, 0.4) is 0 Å². The van der Waals surface area contributed by atoms with E-state index in [1.54, 1.807) is 32.0 Å². The van der Waals surface area contributed by atoms with Crippen molar-refractivity contribution in [3.05, 3.63) is 63.4 Å². The molecule has 0 N–H and O–H groups in total. The Bertz CT molecular complexity index is 657. The van der Waals surface area contributed by atoms with Crippen molar-refractivity contribution >= 4 is 17.4 Å². The van der Waals surface area contributed by atoms with Crippen LogP contribution < -0.4 is 4.74 Å². The topological polar surface area (TPSA) is 26.3 Å². The van der Waals surface area contributed by atoms with E-state index in [9.17, 15) is 9.18 Å². The number of ketones is 1. The van der Waals surface area contributed by atoms with Gasteiger partial charge in [-0.15, -0.1) is 0 Å². The monoisotopic (exact) mass is 292 g/mol. The van der Waals surface area contributed by atoms with Gasteiger partial charge in [0.15, 0.2) is 5.78 Å². The van der Waals surface area contributed by atoms with Crippen molar-refractivity contribution in [2.75, 3.05) is 7.11 Å². The van der Waals surface area contributed by atoms with Crippen molar-refractivity contribution in [2.24, 2.45) is 0 Å². The Morgan fingerprint density at radius 1 is 1.15 bits per heavy atom. The zero-order chi connectivity index (χ0) is 14.9. The minimum atomic E-state index is -0.352. The van der Waals surface area contributed by atoms with Crippen molar-refractivity contribution in [3.8, 4) is 5.75 Å². The van der Waals surface area contributed by atoms with Crippen LogP contribution in [0.1, 0.15) is 27.0 Å². The van der Waals surface area contributed by atoms with Gasteiger partial charge in [-0.1, -0.05) is 11.6 Å². The molecule has 0 aliphatic heterocycles. The second kappa shape index (κ2) is 5.63. The van der Waals surface area contributed by atoms with E-state index in [0.717, 1.165) is 0 Å². The Balaban J connectivity index is 2.60. The zero-order valence-electron chi connectivity index (χ0n) is 11.5. The van der Waals surface area contributed by atoms with Gasteiger partial charge < -0.3 is 4.74 Å². The fraction of sp³-hybridized carbons (Fsp3) is 0.188. The minimum absolute atomic E-state index is 0.223. The SMILES string of the molecule is COc1ccc(Cl)cc1C(=O)c1c(C)cc(F)cc1C. The van der Waals surface area contributed by atoms with E-state index in [-0.39, 0.29) is 11.6 Å². The summed E-state index contributed by atoms with van der Waals surface area (Å²) in [6.07, 6.45) is 0. The second-order valence-electron chi connectivity index (χ2n) is 4.59. The molecule has 0 spiro atoms. The maximum Gasteiger partial charge on any atom is 0.197 e. The molecule has 2 aromatic carbocycles. The van der Waals surface area contributed by atoms with Gasteiger partial charge in [-0.2, -0.15) is 0 Å². The summed E-state index contributed by atoms with van der Waals surface area (Å²) >= 11 is 5.94. The van der Waals surface area contributed by atoms with Crippen molar-refractivity contribution in [2.45, 2.75) is 13.8 Å². The largest absolute Gasteiger partial charge is 0.496 e. The summed E-state index contributed by atoms with van der Waals surface area (Å²) < 4.78 is 18.5. The number of rotatable bonds is 3. The van der Waals surface area contributed by atoms with Gasteiger partial charge in [0.2, 0.25) is 0 Å². The number of aryl methyl sites for hydroxylation is 2. The van der Waals surface area contributed by atoms with Crippen molar-refractivity contribution < 1.29 is 13.9 Å². The second-order valence-corrected chi connectivity index (χ2v) is 5.02. The third-order valence-corrected chi connectivity index (χ3v) is 3.37. The lowest BCUT2D eigenvalue weighted by molar-refractivity contribution is 0.103. The van der Waals surface area contributed by atoms with Crippen LogP contribution in [0.15, 0.2) is 30.3 Å². The van der Waals surface area contributed by atoms with Crippen LogP contribution in [0.5, 0.6) is 5.75 Å². The van der Waals surface area contributed by atoms with Crippen molar-refractivity contribution in [1.29, 1.82) is 0 Å². The Hall–Kier alpha value is -1.87. The van der Waals surface area contributed by atoms with E-state index in [2.05, 4.69) is 0 Å². The molecule has 0 heterocycles. The van der Waals surface area contributed by atoms with Crippen LogP contribution in [0.2, 0.25) is 5.02 Å². The quantitative estimate of drug-likeness (QED) is 0.787. The number of methoxy groups -OCH3 is 1. The summed E-state index contributed by atoms with van der Waals surface area (Å²) in [4.78, 5) is 12.7. The lowest BCUT2D eigenvalue weighted by Crippen LogP contribution is -2.08. The van der Waals surface area contributed by atoms with Crippen LogP contribution in [0, 0.1) is 19.7 Å². The Kier molecular flexibility index (Phi) is 4.09. The molecule has 0 atom stereocenters. The molecule has 0 amide bonds. The molecular formula is C16H14ClFO2. The molecule has 104 valence electrons. The van der Waals surface area contributed by atoms with E-state index in [1.807, 2.05) is 0 Å². The van der Waals surface area contributed by atoms with E-state index in [4.69, 9.17) is 16.3 Å². The third-order valence-electron chi connectivity index (χ3n) is 3.13. The van der Waals surface area contributed by atoms with Gasteiger partial charge in [-0.3, -0.25) is 4.79 Å². The highest BCUT2D eigenvalue weighted by Crippen LogP contribution is 2.28. The Morgan fingerprint density at radius 2 is 1.75 bits per heavy atom. The average Bonchev–Trinajstić information content (AvgIpc) is 2.37. The highest BCUT2D eigenvalue weighted by Gasteiger charge is 2.19. The molecule has 0 unspecified atom stereocenters. The molecule has 0 saturated heterocycles. The first kappa shape index (κ1) is 14.5. The summed E-state index contributed by atoms with van der Waals surface area (Å²) in [5.74, 6) is -0.128.